The molecule has 0 aliphatic carbocycles. The molecular formula is C11H13FN2O4S2. The van der Waals surface area contributed by atoms with E-state index in [-0.39, 0.29) is 17.0 Å². The van der Waals surface area contributed by atoms with Crippen molar-refractivity contribution in [2.24, 2.45) is 0 Å². The molecule has 0 fully saturated rings. The van der Waals surface area contributed by atoms with Crippen molar-refractivity contribution in [2.45, 2.75) is 17.9 Å². The van der Waals surface area contributed by atoms with Gasteiger partial charge < -0.3 is 5.73 Å². The molecule has 1 unspecified atom stereocenters. The van der Waals surface area contributed by atoms with Gasteiger partial charge in [0, 0.05) is 11.1 Å². The van der Waals surface area contributed by atoms with Crippen LogP contribution in [0, 0.1) is 12.7 Å². The van der Waals surface area contributed by atoms with E-state index in [1.807, 2.05) is 0 Å². The van der Waals surface area contributed by atoms with E-state index in [0.717, 1.165) is 11.5 Å². The lowest BCUT2D eigenvalue weighted by atomic mass is 10.2. The van der Waals surface area contributed by atoms with Crippen molar-refractivity contribution in [1.29, 1.82) is 0 Å². The van der Waals surface area contributed by atoms with Gasteiger partial charge in [0.1, 0.15) is 10.7 Å². The molecule has 0 spiro atoms. The van der Waals surface area contributed by atoms with Crippen LogP contribution in [0.1, 0.15) is 5.56 Å². The molecule has 1 atom stereocenters. The smallest absolute Gasteiger partial charge is 0.244 e. The number of hydrogen-bond acceptors (Lipinski definition) is 5. The molecule has 0 radical (unpaired) electrons. The highest BCUT2D eigenvalue weighted by Gasteiger charge is 2.28. The second-order valence-electron chi connectivity index (χ2n) is 4.54. The third kappa shape index (κ3) is 3.00. The fraction of sp³-hybridized carbons (Fsp3) is 0.273. The SMILES string of the molecule is Cc1cc(N)cc(S(=O)(=O)NC2C=CS(=O)(=O)C2)c1F. The Morgan fingerprint density at radius 2 is 2.05 bits per heavy atom. The van der Waals surface area contributed by atoms with Crippen LogP contribution >= 0.6 is 0 Å². The molecule has 1 aromatic rings. The standard InChI is InChI=1S/C11H13FN2O4S2/c1-7-4-8(13)5-10(11(7)12)20(17,18)14-9-2-3-19(15,16)6-9/h2-5,9,14H,6,13H2,1H3. The predicted octanol–water partition coefficient (Wildman–Crippen LogP) is 0.305. The zero-order valence-corrected chi connectivity index (χ0v) is 12.1. The fourth-order valence-corrected chi connectivity index (χ4v) is 4.59. The molecule has 9 heteroatoms. The van der Waals surface area contributed by atoms with Crippen LogP contribution in [0.5, 0.6) is 0 Å². The van der Waals surface area contributed by atoms with Crippen molar-refractivity contribution >= 4 is 25.5 Å². The Morgan fingerprint density at radius 1 is 1.40 bits per heavy atom. The molecular weight excluding hydrogens is 307 g/mol. The van der Waals surface area contributed by atoms with E-state index in [4.69, 9.17) is 5.73 Å². The summed E-state index contributed by atoms with van der Waals surface area (Å²) in [5.41, 5.74) is 5.71. The van der Waals surface area contributed by atoms with Gasteiger partial charge in [-0.1, -0.05) is 6.08 Å². The first-order chi connectivity index (χ1) is 9.11. The molecule has 0 bridgehead atoms. The van der Waals surface area contributed by atoms with E-state index < -0.39 is 36.6 Å². The maximum Gasteiger partial charge on any atom is 0.244 e. The molecule has 20 heavy (non-hydrogen) atoms. The van der Waals surface area contributed by atoms with Gasteiger partial charge in [0.25, 0.3) is 0 Å². The molecule has 1 aliphatic rings. The van der Waals surface area contributed by atoms with Crippen LogP contribution in [0.2, 0.25) is 0 Å². The molecule has 0 amide bonds. The molecule has 0 saturated carbocycles. The van der Waals surface area contributed by atoms with Crippen LogP contribution in [0.3, 0.4) is 0 Å². The number of nitrogens with two attached hydrogens (primary N) is 1. The Labute approximate surface area is 116 Å². The van der Waals surface area contributed by atoms with Gasteiger partial charge in [-0.25, -0.2) is 25.9 Å². The van der Waals surface area contributed by atoms with Crippen LogP contribution in [0.15, 0.2) is 28.5 Å². The first kappa shape index (κ1) is 14.9. The first-order valence-electron chi connectivity index (χ1n) is 5.60. The Bertz CT molecular complexity index is 785. The minimum Gasteiger partial charge on any atom is -0.399 e. The van der Waals surface area contributed by atoms with Crippen LogP contribution in [0.25, 0.3) is 0 Å². The largest absolute Gasteiger partial charge is 0.399 e. The fourth-order valence-electron chi connectivity index (χ4n) is 1.87. The van der Waals surface area contributed by atoms with E-state index in [1.54, 1.807) is 0 Å². The van der Waals surface area contributed by atoms with E-state index in [0.29, 0.717) is 0 Å². The lowest BCUT2D eigenvalue weighted by Crippen LogP contribution is -2.36. The Balaban J connectivity index is 2.35. The number of aryl methyl sites for hydroxylation is 1. The molecule has 110 valence electrons. The number of rotatable bonds is 3. The lowest BCUT2D eigenvalue weighted by molar-refractivity contribution is 0.550. The number of anilines is 1. The summed E-state index contributed by atoms with van der Waals surface area (Å²) in [7, 11) is -7.59. The zero-order chi connectivity index (χ0) is 15.1. The van der Waals surface area contributed by atoms with Crippen molar-refractivity contribution in [1.82, 2.24) is 4.72 Å². The summed E-state index contributed by atoms with van der Waals surface area (Å²) in [5.74, 6) is -1.29. The van der Waals surface area contributed by atoms with Gasteiger partial charge in [0.05, 0.1) is 11.8 Å². The molecule has 1 aromatic carbocycles. The summed E-state index contributed by atoms with van der Waals surface area (Å²) in [6, 6.07) is 1.40. The molecule has 6 nitrogen and oxygen atoms in total. The second-order valence-corrected chi connectivity index (χ2v) is 8.15. The lowest BCUT2D eigenvalue weighted by Gasteiger charge is -2.13. The average Bonchev–Trinajstić information content (AvgIpc) is 2.62. The quantitative estimate of drug-likeness (QED) is 0.779. The van der Waals surface area contributed by atoms with Crippen LogP contribution in [-0.4, -0.2) is 28.6 Å². The minimum atomic E-state index is -4.19. The zero-order valence-electron chi connectivity index (χ0n) is 10.5. The number of halogens is 1. The van der Waals surface area contributed by atoms with Gasteiger partial charge >= 0.3 is 0 Å². The van der Waals surface area contributed by atoms with Gasteiger partial charge in [0.15, 0.2) is 9.84 Å². The third-order valence-corrected chi connectivity index (χ3v) is 5.65. The van der Waals surface area contributed by atoms with Crippen molar-refractivity contribution in [3.05, 3.63) is 35.0 Å². The van der Waals surface area contributed by atoms with Gasteiger partial charge in [0.2, 0.25) is 10.0 Å². The number of hydrogen-bond donors (Lipinski definition) is 2. The van der Waals surface area contributed by atoms with E-state index >= 15 is 0 Å². The van der Waals surface area contributed by atoms with Crippen LogP contribution < -0.4 is 10.5 Å². The summed E-state index contributed by atoms with van der Waals surface area (Å²) in [6.07, 6.45) is 1.21. The average molecular weight is 320 g/mol. The molecule has 1 heterocycles. The normalized spacial score (nSPS) is 21.2. The van der Waals surface area contributed by atoms with Gasteiger partial charge in [-0.3, -0.25) is 0 Å². The number of nitrogens with one attached hydrogen (secondary N) is 1. The maximum absolute atomic E-state index is 13.9. The summed E-state index contributed by atoms with van der Waals surface area (Å²) in [6.45, 7) is 1.39. The number of sulfone groups is 1. The van der Waals surface area contributed by atoms with E-state index in [9.17, 15) is 21.2 Å². The predicted molar refractivity (Wildman–Crippen MR) is 72.6 cm³/mol. The monoisotopic (exact) mass is 320 g/mol. The number of benzene rings is 1. The second kappa shape index (κ2) is 4.83. The maximum atomic E-state index is 13.9. The van der Waals surface area contributed by atoms with Crippen molar-refractivity contribution in [3.8, 4) is 0 Å². The third-order valence-electron chi connectivity index (χ3n) is 2.77. The van der Waals surface area contributed by atoms with Crippen molar-refractivity contribution in [3.63, 3.8) is 0 Å². The van der Waals surface area contributed by atoms with Crippen molar-refractivity contribution in [2.75, 3.05) is 11.5 Å². The highest BCUT2D eigenvalue weighted by molar-refractivity contribution is 7.94. The Hall–Kier alpha value is -1.45. The number of nitrogen functional groups attached to an aromatic ring is 1. The molecule has 0 aromatic heterocycles. The Morgan fingerprint density at radius 3 is 2.60 bits per heavy atom. The summed E-state index contributed by atoms with van der Waals surface area (Å²) >= 11 is 0. The van der Waals surface area contributed by atoms with Crippen molar-refractivity contribution < 1.29 is 21.2 Å². The van der Waals surface area contributed by atoms with Gasteiger partial charge in [-0.15, -0.1) is 0 Å². The summed E-state index contributed by atoms with van der Waals surface area (Å²) < 4.78 is 62.6. The molecule has 1 aliphatic heterocycles. The van der Waals surface area contributed by atoms with Crippen LogP contribution in [-0.2, 0) is 19.9 Å². The highest BCUT2D eigenvalue weighted by atomic mass is 32.2. The molecule has 2 rings (SSSR count). The molecule has 3 N–H and O–H groups in total. The van der Waals surface area contributed by atoms with Crippen LogP contribution in [0.4, 0.5) is 10.1 Å². The highest BCUT2D eigenvalue weighted by Crippen LogP contribution is 2.22. The topological polar surface area (TPSA) is 106 Å². The van der Waals surface area contributed by atoms with Gasteiger partial charge in [-0.2, -0.15) is 0 Å². The first-order valence-corrected chi connectivity index (χ1v) is 8.79. The number of sulfonamides is 1. The van der Waals surface area contributed by atoms with E-state index in [1.165, 1.54) is 19.1 Å². The Kier molecular flexibility index (Phi) is 3.61. The van der Waals surface area contributed by atoms with Gasteiger partial charge in [-0.05, 0) is 24.6 Å². The van der Waals surface area contributed by atoms with E-state index in [2.05, 4.69) is 4.72 Å². The summed E-state index contributed by atoms with van der Waals surface area (Å²) in [5, 5.41) is 0.932. The minimum absolute atomic E-state index is 0.0972. The summed E-state index contributed by atoms with van der Waals surface area (Å²) in [4.78, 5) is -0.590. The molecule has 0 saturated heterocycles.